The van der Waals surface area contributed by atoms with Gasteiger partial charge in [-0.3, -0.25) is 0 Å². The second-order valence-electron chi connectivity index (χ2n) is 5.31. The zero-order valence-electron chi connectivity index (χ0n) is 11.5. The quantitative estimate of drug-likeness (QED) is 0.718. The first-order valence-corrected chi connectivity index (χ1v) is 7.22. The molecule has 96 valence electrons. The summed E-state index contributed by atoms with van der Waals surface area (Å²) in [5, 5.41) is 3.64. The molecule has 0 radical (unpaired) electrons. The summed E-state index contributed by atoms with van der Waals surface area (Å²) in [6.07, 6.45) is 6.82. The zero-order valence-corrected chi connectivity index (χ0v) is 11.5. The van der Waals surface area contributed by atoms with E-state index in [1.54, 1.807) is 0 Å². The monoisotopic (exact) mass is 226 g/mol. The van der Waals surface area contributed by atoms with Crippen molar-refractivity contribution in [3.63, 3.8) is 0 Å². The molecule has 16 heavy (non-hydrogen) atoms. The molecule has 2 nitrogen and oxygen atoms in total. The molecule has 0 aromatic heterocycles. The Morgan fingerprint density at radius 1 is 1.25 bits per heavy atom. The predicted octanol–water partition coefficient (Wildman–Crippen LogP) is 2.89. The van der Waals surface area contributed by atoms with Crippen molar-refractivity contribution in [2.75, 3.05) is 26.2 Å². The minimum Gasteiger partial charge on any atom is -0.314 e. The first-order valence-electron chi connectivity index (χ1n) is 7.22. The van der Waals surface area contributed by atoms with Crippen LogP contribution in [0.4, 0.5) is 0 Å². The van der Waals surface area contributed by atoms with Crippen LogP contribution in [-0.2, 0) is 0 Å². The van der Waals surface area contributed by atoms with E-state index in [2.05, 4.69) is 31.0 Å². The van der Waals surface area contributed by atoms with Crippen LogP contribution < -0.4 is 5.32 Å². The first-order chi connectivity index (χ1) is 7.76. The maximum atomic E-state index is 3.64. The van der Waals surface area contributed by atoms with Crippen molar-refractivity contribution in [3.8, 4) is 0 Å². The van der Waals surface area contributed by atoms with Crippen LogP contribution in [0.1, 0.15) is 52.9 Å². The minimum absolute atomic E-state index is 0.709. The van der Waals surface area contributed by atoms with Crippen molar-refractivity contribution in [1.29, 1.82) is 0 Å². The van der Waals surface area contributed by atoms with E-state index in [1.165, 1.54) is 58.3 Å². The lowest BCUT2D eigenvalue weighted by atomic mass is 9.93. The van der Waals surface area contributed by atoms with Gasteiger partial charge in [0.2, 0.25) is 0 Å². The maximum absolute atomic E-state index is 3.64. The van der Waals surface area contributed by atoms with Crippen LogP contribution in [0.3, 0.4) is 0 Å². The number of nitrogens with one attached hydrogen (secondary N) is 1. The molecular formula is C14H30N2. The fourth-order valence-electron chi connectivity index (χ4n) is 2.66. The van der Waals surface area contributed by atoms with Gasteiger partial charge in [-0.2, -0.15) is 0 Å². The van der Waals surface area contributed by atoms with Gasteiger partial charge in [0.25, 0.3) is 0 Å². The summed E-state index contributed by atoms with van der Waals surface area (Å²) < 4.78 is 0. The van der Waals surface area contributed by atoms with Gasteiger partial charge < -0.3 is 10.2 Å². The van der Waals surface area contributed by atoms with Gasteiger partial charge in [0.1, 0.15) is 0 Å². The number of hydrogen-bond acceptors (Lipinski definition) is 2. The Labute approximate surface area is 102 Å². The van der Waals surface area contributed by atoms with Crippen molar-refractivity contribution in [2.45, 2.75) is 58.9 Å². The topological polar surface area (TPSA) is 15.3 Å². The fourth-order valence-corrected chi connectivity index (χ4v) is 2.66. The summed E-state index contributed by atoms with van der Waals surface area (Å²) in [7, 11) is 0. The lowest BCUT2D eigenvalue weighted by Gasteiger charge is -2.31. The number of nitrogens with zero attached hydrogens (tertiary/aromatic N) is 1. The number of hydrogen-bond donors (Lipinski definition) is 1. The van der Waals surface area contributed by atoms with Gasteiger partial charge in [-0.15, -0.1) is 0 Å². The Hall–Kier alpha value is -0.0800. The fraction of sp³-hybridized carbons (Fsp3) is 1.00. The number of likely N-dealkylation sites (tertiary alicyclic amines) is 1. The average molecular weight is 226 g/mol. The Kier molecular flexibility index (Phi) is 7.06. The lowest BCUT2D eigenvalue weighted by Crippen LogP contribution is -2.35. The predicted molar refractivity (Wildman–Crippen MR) is 71.8 cm³/mol. The summed E-state index contributed by atoms with van der Waals surface area (Å²) in [6.45, 7) is 11.9. The molecule has 1 aliphatic heterocycles. The molecule has 1 rings (SSSR count). The van der Waals surface area contributed by atoms with Crippen molar-refractivity contribution < 1.29 is 0 Å². The molecule has 2 heteroatoms. The van der Waals surface area contributed by atoms with E-state index in [0.29, 0.717) is 6.04 Å². The van der Waals surface area contributed by atoms with Crippen LogP contribution in [0.2, 0.25) is 0 Å². The standard InChI is InChI=1S/C14H30N2/c1-4-6-13(3)15-10-7-14-8-11-16(5-2)12-9-14/h13-15H,4-12H2,1-3H3. The molecule has 1 saturated heterocycles. The van der Waals surface area contributed by atoms with Gasteiger partial charge >= 0.3 is 0 Å². The maximum Gasteiger partial charge on any atom is 0.00386 e. The molecule has 0 amide bonds. The van der Waals surface area contributed by atoms with Crippen LogP contribution in [0.25, 0.3) is 0 Å². The summed E-state index contributed by atoms with van der Waals surface area (Å²) in [6, 6.07) is 0.709. The highest BCUT2D eigenvalue weighted by Gasteiger charge is 2.17. The molecule has 1 fully saturated rings. The van der Waals surface area contributed by atoms with E-state index in [4.69, 9.17) is 0 Å². The molecule has 0 aromatic rings. The van der Waals surface area contributed by atoms with Crippen LogP contribution >= 0.6 is 0 Å². The highest BCUT2D eigenvalue weighted by molar-refractivity contribution is 4.72. The third-order valence-corrected chi connectivity index (χ3v) is 3.92. The van der Waals surface area contributed by atoms with Crippen LogP contribution in [0, 0.1) is 5.92 Å². The van der Waals surface area contributed by atoms with E-state index < -0.39 is 0 Å². The Morgan fingerprint density at radius 3 is 2.50 bits per heavy atom. The Morgan fingerprint density at radius 2 is 1.94 bits per heavy atom. The summed E-state index contributed by atoms with van der Waals surface area (Å²) in [4.78, 5) is 2.57. The summed E-state index contributed by atoms with van der Waals surface area (Å²) in [5.74, 6) is 0.976. The normalized spacial score (nSPS) is 21.2. The van der Waals surface area contributed by atoms with Crippen molar-refractivity contribution in [3.05, 3.63) is 0 Å². The molecule has 1 atom stereocenters. The van der Waals surface area contributed by atoms with E-state index in [0.717, 1.165) is 5.92 Å². The highest BCUT2D eigenvalue weighted by Crippen LogP contribution is 2.19. The van der Waals surface area contributed by atoms with E-state index >= 15 is 0 Å². The molecule has 1 N–H and O–H groups in total. The molecule has 1 unspecified atom stereocenters. The second kappa shape index (κ2) is 8.08. The lowest BCUT2D eigenvalue weighted by molar-refractivity contribution is 0.185. The zero-order chi connectivity index (χ0) is 11.8. The first kappa shape index (κ1) is 14.0. The van der Waals surface area contributed by atoms with E-state index in [-0.39, 0.29) is 0 Å². The summed E-state index contributed by atoms with van der Waals surface area (Å²) in [5.41, 5.74) is 0. The number of rotatable bonds is 7. The van der Waals surface area contributed by atoms with E-state index in [9.17, 15) is 0 Å². The van der Waals surface area contributed by atoms with Crippen molar-refractivity contribution in [2.24, 2.45) is 5.92 Å². The SMILES string of the molecule is CCCC(C)NCCC1CCN(CC)CC1. The van der Waals surface area contributed by atoms with Gasteiger partial charge in [-0.05, 0) is 64.7 Å². The molecule has 0 aromatic carbocycles. The second-order valence-corrected chi connectivity index (χ2v) is 5.31. The highest BCUT2D eigenvalue weighted by atomic mass is 15.1. The van der Waals surface area contributed by atoms with Gasteiger partial charge in [0.05, 0.1) is 0 Å². The third kappa shape index (κ3) is 5.31. The van der Waals surface area contributed by atoms with Gasteiger partial charge in [0.15, 0.2) is 0 Å². The number of piperidine rings is 1. The van der Waals surface area contributed by atoms with Gasteiger partial charge in [-0.1, -0.05) is 20.3 Å². The third-order valence-electron chi connectivity index (χ3n) is 3.92. The molecule has 1 heterocycles. The van der Waals surface area contributed by atoms with E-state index in [1.807, 2.05) is 0 Å². The molecular weight excluding hydrogens is 196 g/mol. The van der Waals surface area contributed by atoms with Gasteiger partial charge in [-0.25, -0.2) is 0 Å². The van der Waals surface area contributed by atoms with Gasteiger partial charge in [0, 0.05) is 6.04 Å². The van der Waals surface area contributed by atoms with Crippen molar-refractivity contribution in [1.82, 2.24) is 10.2 Å². The van der Waals surface area contributed by atoms with Crippen LogP contribution in [-0.4, -0.2) is 37.1 Å². The largest absolute Gasteiger partial charge is 0.314 e. The smallest absolute Gasteiger partial charge is 0.00386 e. The molecule has 1 aliphatic rings. The Balaban J connectivity index is 2.02. The molecule has 0 spiro atoms. The minimum atomic E-state index is 0.709. The summed E-state index contributed by atoms with van der Waals surface area (Å²) >= 11 is 0. The molecule has 0 saturated carbocycles. The molecule has 0 aliphatic carbocycles. The van der Waals surface area contributed by atoms with Crippen LogP contribution in [0.5, 0.6) is 0 Å². The average Bonchev–Trinajstić information content (AvgIpc) is 2.30. The van der Waals surface area contributed by atoms with Crippen LogP contribution in [0.15, 0.2) is 0 Å². The Bertz CT molecular complexity index is 162. The van der Waals surface area contributed by atoms with Crippen molar-refractivity contribution >= 4 is 0 Å². The molecule has 0 bridgehead atoms.